The van der Waals surface area contributed by atoms with Gasteiger partial charge in [-0.05, 0) is 51.2 Å². The highest BCUT2D eigenvalue weighted by Gasteiger charge is 2.43. The molecule has 0 saturated carbocycles. The van der Waals surface area contributed by atoms with Crippen LogP contribution in [0.3, 0.4) is 0 Å². The Morgan fingerprint density at radius 1 is 1.10 bits per heavy atom. The van der Waals surface area contributed by atoms with E-state index in [-0.39, 0.29) is 30.8 Å². The highest BCUT2D eigenvalue weighted by Crippen LogP contribution is 2.47. The van der Waals surface area contributed by atoms with E-state index >= 15 is 0 Å². The van der Waals surface area contributed by atoms with Crippen LogP contribution in [0.25, 0.3) is 0 Å². The fourth-order valence-corrected chi connectivity index (χ4v) is 6.07. The summed E-state index contributed by atoms with van der Waals surface area (Å²) >= 11 is 1.40. The first-order valence-electron chi connectivity index (χ1n) is 13.1. The van der Waals surface area contributed by atoms with Gasteiger partial charge in [-0.15, -0.1) is 0 Å². The second kappa shape index (κ2) is 12.6. The molecule has 0 unspecified atom stereocenters. The van der Waals surface area contributed by atoms with Crippen LogP contribution in [-0.2, 0) is 23.9 Å². The fourth-order valence-electron chi connectivity index (χ4n) is 5.10. The van der Waals surface area contributed by atoms with Crippen molar-refractivity contribution in [2.75, 3.05) is 40.5 Å². The Kier molecular flexibility index (Phi) is 9.21. The second-order valence-electron chi connectivity index (χ2n) is 9.33. The molecule has 1 aromatic carbocycles. The molecule has 11 heteroatoms. The molecule has 0 radical (unpaired) electrons. The molecule has 210 valence electrons. The molecule has 0 aliphatic carbocycles. The Balaban J connectivity index is 1.66. The lowest BCUT2D eigenvalue weighted by molar-refractivity contribution is -0.151. The summed E-state index contributed by atoms with van der Waals surface area (Å²) in [4.78, 5) is 47.4. The van der Waals surface area contributed by atoms with Crippen LogP contribution in [0, 0.1) is 5.92 Å². The number of nitrogens with zero attached hydrogens (tertiary/aromatic N) is 3. The Morgan fingerprint density at radius 3 is 2.56 bits per heavy atom. The number of piperidine rings is 1. The largest absolute Gasteiger partial charge is 0.497 e. The lowest BCUT2D eigenvalue weighted by Crippen LogP contribution is -2.44. The van der Waals surface area contributed by atoms with Crippen molar-refractivity contribution in [3.8, 4) is 11.5 Å². The lowest BCUT2D eigenvalue weighted by atomic mass is 9.92. The van der Waals surface area contributed by atoms with Crippen LogP contribution < -0.4 is 9.47 Å². The van der Waals surface area contributed by atoms with E-state index in [0.717, 1.165) is 6.42 Å². The normalized spacial score (nSPS) is 20.6. The minimum atomic E-state index is -0.625. The maximum Gasteiger partial charge on any atom is 0.338 e. The second-order valence-corrected chi connectivity index (χ2v) is 10.2. The van der Waals surface area contributed by atoms with Crippen molar-refractivity contribution < 1.29 is 33.3 Å². The number of fused-ring (bicyclic) bond motifs is 1. The molecule has 2 atom stereocenters. The molecule has 1 aromatic rings. The Labute approximate surface area is 233 Å². The van der Waals surface area contributed by atoms with E-state index in [2.05, 4.69) is 0 Å². The average molecular weight is 558 g/mol. The SMILES string of the molecule is CCOC(=O)C1=C(C)N=C2SC=C(CC(=O)N3CCC[C@H](C(=O)OCC)C3)N2[C@@H]1c1ccc(OC)cc1OC. The summed E-state index contributed by atoms with van der Waals surface area (Å²) in [5.41, 5.74) is 2.35. The third-order valence-electron chi connectivity index (χ3n) is 6.96. The van der Waals surface area contributed by atoms with Crippen molar-refractivity contribution >= 4 is 34.8 Å². The van der Waals surface area contributed by atoms with E-state index in [1.54, 1.807) is 46.0 Å². The average Bonchev–Trinajstić information content (AvgIpc) is 3.33. The number of hydrogen-bond donors (Lipinski definition) is 0. The van der Waals surface area contributed by atoms with Crippen LogP contribution in [-0.4, -0.2) is 73.3 Å². The number of methoxy groups -OCH3 is 2. The zero-order valence-electron chi connectivity index (χ0n) is 23.0. The number of benzene rings is 1. The molecule has 0 N–H and O–H groups in total. The number of carbonyl (C=O) groups is 3. The molecule has 3 heterocycles. The molecule has 3 aliphatic heterocycles. The van der Waals surface area contributed by atoms with Crippen LogP contribution in [0.5, 0.6) is 11.5 Å². The van der Waals surface area contributed by atoms with Gasteiger partial charge in [0, 0.05) is 30.4 Å². The maximum absolute atomic E-state index is 13.5. The van der Waals surface area contributed by atoms with E-state index in [9.17, 15) is 14.4 Å². The number of thioether (sulfide) groups is 1. The smallest absolute Gasteiger partial charge is 0.338 e. The third-order valence-corrected chi connectivity index (χ3v) is 7.85. The number of likely N-dealkylation sites (tertiary alicyclic amines) is 1. The molecule has 0 aromatic heterocycles. The summed E-state index contributed by atoms with van der Waals surface area (Å²) in [6, 6.07) is 4.80. The lowest BCUT2D eigenvalue weighted by Gasteiger charge is -2.37. The van der Waals surface area contributed by atoms with Gasteiger partial charge in [-0.25, -0.2) is 9.79 Å². The van der Waals surface area contributed by atoms with E-state index in [1.165, 1.54) is 11.8 Å². The number of carbonyl (C=O) groups excluding carboxylic acids is 3. The van der Waals surface area contributed by atoms with E-state index in [0.29, 0.717) is 65.3 Å². The van der Waals surface area contributed by atoms with Gasteiger partial charge in [-0.3, -0.25) is 9.59 Å². The molecule has 1 fully saturated rings. The number of rotatable bonds is 9. The van der Waals surface area contributed by atoms with Crippen LogP contribution in [0.15, 0.2) is 45.6 Å². The summed E-state index contributed by atoms with van der Waals surface area (Å²) < 4.78 is 21.7. The molecule has 0 bridgehead atoms. The van der Waals surface area contributed by atoms with E-state index < -0.39 is 12.0 Å². The van der Waals surface area contributed by atoms with E-state index in [4.69, 9.17) is 23.9 Å². The summed E-state index contributed by atoms with van der Waals surface area (Å²) in [6.45, 7) is 6.77. The van der Waals surface area contributed by atoms with Crippen molar-refractivity contribution in [2.24, 2.45) is 10.9 Å². The van der Waals surface area contributed by atoms with Crippen molar-refractivity contribution in [2.45, 2.75) is 46.1 Å². The molecule has 1 saturated heterocycles. The minimum Gasteiger partial charge on any atom is -0.497 e. The van der Waals surface area contributed by atoms with Crippen molar-refractivity contribution in [3.63, 3.8) is 0 Å². The predicted octanol–water partition coefficient (Wildman–Crippen LogP) is 4.03. The molecular weight excluding hydrogens is 522 g/mol. The third kappa shape index (κ3) is 5.93. The number of aliphatic imine (C=N–C) groups is 1. The first-order valence-corrected chi connectivity index (χ1v) is 14.0. The zero-order chi connectivity index (χ0) is 28.1. The number of esters is 2. The predicted molar refractivity (Wildman–Crippen MR) is 147 cm³/mol. The van der Waals surface area contributed by atoms with Gasteiger partial charge in [0.2, 0.25) is 5.91 Å². The van der Waals surface area contributed by atoms with Gasteiger partial charge in [0.05, 0.1) is 57.1 Å². The maximum atomic E-state index is 13.5. The van der Waals surface area contributed by atoms with Gasteiger partial charge >= 0.3 is 11.9 Å². The van der Waals surface area contributed by atoms with Gasteiger partial charge in [0.15, 0.2) is 5.17 Å². The molecule has 10 nitrogen and oxygen atoms in total. The minimum absolute atomic E-state index is 0.0890. The standard InChI is InChI=1S/C28H35N3O7S/c1-6-37-26(33)18-9-8-12-30(15-18)23(32)13-19-16-39-28-29-17(3)24(27(34)38-7-2)25(31(19)28)21-11-10-20(35-4)14-22(21)36-5/h10-11,14,16,18,25H,6-9,12-13,15H2,1-5H3/t18-,25+/m0/s1. The van der Waals surface area contributed by atoms with Gasteiger partial charge in [0.25, 0.3) is 0 Å². The number of amides is 1. The summed E-state index contributed by atoms with van der Waals surface area (Å²) in [7, 11) is 3.14. The zero-order valence-corrected chi connectivity index (χ0v) is 23.8. The topological polar surface area (TPSA) is 107 Å². The monoisotopic (exact) mass is 557 g/mol. The van der Waals surface area contributed by atoms with Gasteiger partial charge in [-0.1, -0.05) is 11.8 Å². The summed E-state index contributed by atoms with van der Waals surface area (Å²) in [6.07, 6.45) is 1.53. The number of amidine groups is 1. The molecule has 3 aliphatic rings. The number of allylic oxidation sites excluding steroid dienone is 1. The number of hydrogen-bond acceptors (Lipinski definition) is 10. The summed E-state index contributed by atoms with van der Waals surface area (Å²) in [5, 5.41) is 2.56. The van der Waals surface area contributed by atoms with Crippen molar-refractivity contribution in [3.05, 3.63) is 46.1 Å². The Morgan fingerprint density at radius 2 is 1.87 bits per heavy atom. The quantitative estimate of drug-likeness (QED) is 0.416. The fraction of sp³-hybridized carbons (Fsp3) is 0.500. The highest BCUT2D eigenvalue weighted by molar-refractivity contribution is 8.16. The van der Waals surface area contributed by atoms with Crippen molar-refractivity contribution in [1.29, 1.82) is 0 Å². The Hall–Kier alpha value is -3.47. The molecular formula is C28H35N3O7S. The van der Waals surface area contributed by atoms with Crippen LogP contribution in [0.1, 0.15) is 51.6 Å². The Bertz CT molecular complexity index is 1230. The summed E-state index contributed by atoms with van der Waals surface area (Å²) in [5.74, 6) is -0.00716. The van der Waals surface area contributed by atoms with Gasteiger partial charge < -0.3 is 28.7 Å². The van der Waals surface area contributed by atoms with Gasteiger partial charge in [0.1, 0.15) is 11.5 Å². The van der Waals surface area contributed by atoms with E-state index in [1.807, 2.05) is 22.4 Å². The van der Waals surface area contributed by atoms with Crippen LogP contribution in [0.2, 0.25) is 0 Å². The molecule has 4 rings (SSSR count). The van der Waals surface area contributed by atoms with Crippen LogP contribution in [0.4, 0.5) is 0 Å². The van der Waals surface area contributed by atoms with Crippen LogP contribution >= 0.6 is 11.8 Å². The molecule has 0 spiro atoms. The highest BCUT2D eigenvalue weighted by atomic mass is 32.2. The number of ether oxygens (including phenoxy) is 4. The first kappa shape index (κ1) is 28.5. The van der Waals surface area contributed by atoms with Crippen molar-refractivity contribution in [1.82, 2.24) is 9.80 Å². The molecule has 39 heavy (non-hydrogen) atoms. The molecule has 1 amide bonds. The van der Waals surface area contributed by atoms with Gasteiger partial charge in [-0.2, -0.15) is 0 Å². The first-order chi connectivity index (χ1) is 18.8.